The third-order valence-corrected chi connectivity index (χ3v) is 4.95. The third kappa shape index (κ3) is 4.43. The van der Waals surface area contributed by atoms with Crippen LogP contribution in [0.1, 0.15) is 29.4 Å². The summed E-state index contributed by atoms with van der Waals surface area (Å²) in [6.45, 7) is 2.70. The van der Waals surface area contributed by atoms with Crippen molar-refractivity contribution in [2.75, 3.05) is 12.3 Å². The molecular weight excluding hydrogens is 420 g/mol. The first-order valence-electron chi connectivity index (χ1n) is 9.31. The standard InChI is InChI=1S/C19H18N8O3S/c1-2-9-29-13-7-5-12(6-8-13)11-21-23-19(28)15-16(14-4-3-10-31-14)27(26-22-15)18-17(20)24-30-25-18/h3-8,10-11H,2,9H2,1H3,(H2,20,24)(H,23,28)/b21-11+. The van der Waals surface area contributed by atoms with Gasteiger partial charge in [-0.3, -0.25) is 4.79 Å². The van der Waals surface area contributed by atoms with Crippen LogP contribution in [0.3, 0.4) is 0 Å². The third-order valence-electron chi connectivity index (χ3n) is 4.07. The Bertz CT molecular complexity index is 1180. The number of thiophene rings is 1. The van der Waals surface area contributed by atoms with E-state index < -0.39 is 5.91 Å². The lowest BCUT2D eigenvalue weighted by Gasteiger charge is -2.04. The van der Waals surface area contributed by atoms with Crippen molar-refractivity contribution in [1.29, 1.82) is 0 Å². The summed E-state index contributed by atoms with van der Waals surface area (Å²) in [6.07, 6.45) is 2.46. The van der Waals surface area contributed by atoms with Gasteiger partial charge in [0.2, 0.25) is 11.6 Å². The first-order chi connectivity index (χ1) is 15.2. The number of hydrogen-bond donors (Lipinski definition) is 2. The lowest BCUT2D eigenvalue weighted by molar-refractivity contribution is 0.0951. The molecule has 0 radical (unpaired) electrons. The van der Waals surface area contributed by atoms with Crippen LogP contribution in [0.4, 0.5) is 5.82 Å². The highest BCUT2D eigenvalue weighted by molar-refractivity contribution is 7.13. The number of benzene rings is 1. The van der Waals surface area contributed by atoms with E-state index >= 15 is 0 Å². The van der Waals surface area contributed by atoms with E-state index in [0.29, 0.717) is 12.3 Å². The van der Waals surface area contributed by atoms with Crippen LogP contribution in [0.15, 0.2) is 51.5 Å². The molecule has 4 rings (SSSR count). The second kappa shape index (κ2) is 9.17. The molecular formula is C19H18N8O3S. The largest absolute Gasteiger partial charge is 0.494 e. The van der Waals surface area contributed by atoms with Gasteiger partial charge in [0.1, 0.15) is 11.4 Å². The minimum absolute atomic E-state index is 0.0269. The summed E-state index contributed by atoms with van der Waals surface area (Å²) in [5, 5.41) is 21.2. The molecule has 0 bridgehead atoms. The SMILES string of the molecule is CCCOc1ccc(/C=N/NC(=O)c2nnn(-c3nonc3N)c2-c2cccs2)cc1. The van der Waals surface area contributed by atoms with Crippen LogP contribution in [0.2, 0.25) is 0 Å². The number of nitrogens with zero attached hydrogens (tertiary/aromatic N) is 6. The molecule has 0 unspecified atom stereocenters. The molecule has 3 heterocycles. The summed E-state index contributed by atoms with van der Waals surface area (Å²) < 4.78 is 11.5. The van der Waals surface area contributed by atoms with Gasteiger partial charge >= 0.3 is 0 Å². The second-order valence-electron chi connectivity index (χ2n) is 6.27. The molecule has 3 aromatic heterocycles. The van der Waals surface area contributed by atoms with Crippen LogP contribution in [0.5, 0.6) is 5.75 Å². The number of aromatic nitrogens is 5. The Morgan fingerprint density at radius 3 is 2.84 bits per heavy atom. The summed E-state index contributed by atoms with van der Waals surface area (Å²) in [7, 11) is 0. The number of anilines is 1. The van der Waals surface area contributed by atoms with E-state index in [1.165, 1.54) is 22.2 Å². The summed E-state index contributed by atoms with van der Waals surface area (Å²) in [6, 6.07) is 11.0. The molecule has 31 heavy (non-hydrogen) atoms. The average molecular weight is 438 g/mol. The summed E-state index contributed by atoms with van der Waals surface area (Å²) in [5.74, 6) is 0.411. The van der Waals surface area contributed by atoms with Crippen LogP contribution < -0.4 is 15.9 Å². The van der Waals surface area contributed by atoms with E-state index in [1.54, 1.807) is 0 Å². The quantitative estimate of drug-likeness (QED) is 0.315. The number of hydrogen-bond acceptors (Lipinski definition) is 10. The lowest BCUT2D eigenvalue weighted by atomic mass is 10.2. The van der Waals surface area contributed by atoms with Gasteiger partial charge in [-0.15, -0.1) is 16.4 Å². The van der Waals surface area contributed by atoms with E-state index in [1.807, 2.05) is 48.7 Å². The fourth-order valence-corrected chi connectivity index (χ4v) is 3.40. The normalized spacial score (nSPS) is 11.1. The van der Waals surface area contributed by atoms with Gasteiger partial charge in [-0.2, -0.15) is 9.78 Å². The summed E-state index contributed by atoms with van der Waals surface area (Å²) >= 11 is 1.41. The topological polar surface area (TPSA) is 146 Å². The molecule has 1 amide bonds. The van der Waals surface area contributed by atoms with E-state index in [9.17, 15) is 4.79 Å². The first kappa shape index (κ1) is 20.2. The molecule has 0 spiro atoms. The zero-order chi connectivity index (χ0) is 21.6. The minimum atomic E-state index is -0.538. The molecule has 0 aliphatic rings. The van der Waals surface area contributed by atoms with Gasteiger partial charge in [-0.1, -0.05) is 18.2 Å². The fraction of sp³-hybridized carbons (Fsp3) is 0.158. The van der Waals surface area contributed by atoms with Crippen molar-refractivity contribution in [1.82, 2.24) is 30.7 Å². The van der Waals surface area contributed by atoms with Crippen molar-refractivity contribution in [2.24, 2.45) is 5.10 Å². The Labute approximate surface area is 180 Å². The Balaban J connectivity index is 1.53. The molecule has 12 heteroatoms. The van der Waals surface area contributed by atoms with Crippen LogP contribution in [-0.2, 0) is 0 Å². The number of nitrogens with one attached hydrogen (secondary N) is 1. The molecule has 0 saturated heterocycles. The van der Waals surface area contributed by atoms with Crippen molar-refractivity contribution in [3.8, 4) is 22.1 Å². The first-order valence-corrected chi connectivity index (χ1v) is 10.2. The van der Waals surface area contributed by atoms with Crippen molar-refractivity contribution in [3.05, 3.63) is 53.0 Å². The number of nitrogen functional groups attached to an aromatic ring is 1. The fourth-order valence-electron chi connectivity index (χ4n) is 2.64. The Morgan fingerprint density at radius 1 is 1.32 bits per heavy atom. The van der Waals surface area contributed by atoms with Crippen LogP contribution in [0.25, 0.3) is 16.4 Å². The molecule has 1 aromatic carbocycles. The van der Waals surface area contributed by atoms with Gasteiger partial charge in [0, 0.05) is 0 Å². The molecule has 11 nitrogen and oxygen atoms in total. The second-order valence-corrected chi connectivity index (χ2v) is 7.21. The van der Waals surface area contributed by atoms with Gasteiger partial charge in [0.25, 0.3) is 5.91 Å². The van der Waals surface area contributed by atoms with Crippen molar-refractivity contribution in [3.63, 3.8) is 0 Å². The molecule has 4 aromatic rings. The summed E-state index contributed by atoms with van der Waals surface area (Å²) in [4.78, 5) is 13.5. The molecule has 0 fully saturated rings. The molecule has 0 aliphatic carbocycles. The number of ether oxygens (including phenoxy) is 1. The highest BCUT2D eigenvalue weighted by Gasteiger charge is 2.25. The Kier molecular flexibility index (Phi) is 5.98. The maximum absolute atomic E-state index is 12.7. The summed E-state index contributed by atoms with van der Waals surface area (Å²) in [5.41, 5.74) is 9.51. The van der Waals surface area contributed by atoms with Gasteiger partial charge < -0.3 is 10.5 Å². The number of nitrogens with two attached hydrogens (primary N) is 1. The smallest absolute Gasteiger partial charge is 0.294 e. The minimum Gasteiger partial charge on any atom is -0.494 e. The number of carbonyl (C=O) groups is 1. The van der Waals surface area contributed by atoms with Gasteiger partial charge in [-0.05, 0) is 58.0 Å². The average Bonchev–Trinajstić information content (AvgIpc) is 3.53. The molecule has 3 N–H and O–H groups in total. The zero-order valence-corrected chi connectivity index (χ0v) is 17.2. The van der Waals surface area contributed by atoms with Gasteiger partial charge in [0.05, 0.1) is 17.7 Å². The van der Waals surface area contributed by atoms with Crippen molar-refractivity contribution >= 4 is 29.3 Å². The zero-order valence-electron chi connectivity index (χ0n) is 16.4. The van der Waals surface area contributed by atoms with Gasteiger partial charge in [-0.25, -0.2) is 10.1 Å². The van der Waals surface area contributed by atoms with E-state index in [4.69, 9.17) is 10.5 Å². The highest BCUT2D eigenvalue weighted by Crippen LogP contribution is 2.29. The number of amides is 1. The molecule has 0 atom stereocenters. The number of rotatable bonds is 8. The van der Waals surface area contributed by atoms with Crippen LogP contribution in [0, 0.1) is 0 Å². The van der Waals surface area contributed by atoms with E-state index in [2.05, 4.69) is 35.8 Å². The van der Waals surface area contributed by atoms with Crippen LogP contribution in [-0.4, -0.2) is 44.0 Å². The van der Waals surface area contributed by atoms with Crippen molar-refractivity contribution in [2.45, 2.75) is 13.3 Å². The van der Waals surface area contributed by atoms with Crippen molar-refractivity contribution < 1.29 is 14.2 Å². The number of carbonyl (C=O) groups excluding carboxylic acids is 1. The maximum atomic E-state index is 12.7. The predicted molar refractivity (Wildman–Crippen MR) is 114 cm³/mol. The molecule has 158 valence electrons. The number of hydrazone groups is 1. The Morgan fingerprint density at radius 2 is 2.16 bits per heavy atom. The molecule has 0 saturated carbocycles. The van der Waals surface area contributed by atoms with Crippen LogP contribution >= 0.6 is 11.3 Å². The predicted octanol–water partition coefficient (Wildman–Crippen LogP) is 2.51. The Hall–Kier alpha value is -4.06. The lowest BCUT2D eigenvalue weighted by Crippen LogP contribution is -2.19. The monoisotopic (exact) mass is 438 g/mol. The van der Waals surface area contributed by atoms with Gasteiger partial charge in [0.15, 0.2) is 5.69 Å². The molecule has 0 aliphatic heterocycles. The highest BCUT2D eigenvalue weighted by atomic mass is 32.1. The maximum Gasteiger partial charge on any atom is 0.294 e. The van der Waals surface area contributed by atoms with E-state index in [0.717, 1.165) is 22.6 Å². The van der Waals surface area contributed by atoms with E-state index in [-0.39, 0.29) is 17.3 Å².